The van der Waals surface area contributed by atoms with Crippen LogP contribution in [-0.4, -0.2) is 16.6 Å². The minimum absolute atomic E-state index is 0.00131. The van der Waals surface area contributed by atoms with Crippen molar-refractivity contribution in [3.8, 4) is 0 Å². The fraction of sp³-hybridized carbons (Fsp3) is 0.462. The lowest BCUT2D eigenvalue weighted by Gasteiger charge is -2.26. The molecule has 2 unspecified atom stereocenters. The zero-order chi connectivity index (χ0) is 11.5. The number of aromatic nitrogens is 1. The molecule has 84 valence electrons. The molecule has 0 radical (unpaired) electrons. The van der Waals surface area contributed by atoms with Gasteiger partial charge in [-0.15, -0.1) is 0 Å². The summed E-state index contributed by atoms with van der Waals surface area (Å²) >= 11 is 0. The first-order valence-electron chi connectivity index (χ1n) is 5.61. The lowest BCUT2D eigenvalue weighted by atomic mass is 9.76. The largest absolute Gasteiger partial charge is 0.299 e. The van der Waals surface area contributed by atoms with Crippen LogP contribution in [0.5, 0.6) is 0 Å². The predicted molar refractivity (Wildman–Crippen MR) is 60.0 cm³/mol. The van der Waals surface area contributed by atoms with E-state index in [1.54, 1.807) is 6.20 Å². The molecule has 1 saturated carbocycles. The fourth-order valence-electron chi connectivity index (χ4n) is 2.34. The van der Waals surface area contributed by atoms with Crippen molar-refractivity contribution in [2.45, 2.75) is 32.1 Å². The molecule has 0 saturated heterocycles. The van der Waals surface area contributed by atoms with Crippen LogP contribution in [-0.2, 0) is 9.59 Å². The summed E-state index contributed by atoms with van der Waals surface area (Å²) in [6.45, 7) is 1.51. The molecule has 1 fully saturated rings. The monoisotopic (exact) mass is 217 g/mol. The third-order valence-corrected chi connectivity index (χ3v) is 3.29. The zero-order valence-corrected chi connectivity index (χ0v) is 9.35. The summed E-state index contributed by atoms with van der Waals surface area (Å²) in [6, 6.07) is 3.92. The fourth-order valence-corrected chi connectivity index (χ4v) is 2.34. The molecule has 0 aliphatic heterocycles. The zero-order valence-electron chi connectivity index (χ0n) is 9.35. The highest BCUT2D eigenvalue weighted by atomic mass is 16.1. The maximum Gasteiger partial charge on any atom is 0.143 e. The van der Waals surface area contributed by atoms with Crippen LogP contribution in [0.25, 0.3) is 0 Å². The van der Waals surface area contributed by atoms with Gasteiger partial charge in [-0.1, -0.05) is 6.07 Å². The molecule has 3 heteroatoms. The molecule has 0 bridgehead atoms. The van der Waals surface area contributed by atoms with E-state index >= 15 is 0 Å². The number of Topliss-reactive ketones (excluding diaryl/α,β-unsaturated/α-hetero) is 2. The maximum atomic E-state index is 11.6. The quantitative estimate of drug-likeness (QED) is 0.713. The van der Waals surface area contributed by atoms with Gasteiger partial charge in [0.15, 0.2) is 0 Å². The van der Waals surface area contributed by atoms with E-state index in [4.69, 9.17) is 0 Å². The first kappa shape index (κ1) is 11.0. The number of hydrogen-bond donors (Lipinski definition) is 0. The molecule has 3 nitrogen and oxygen atoms in total. The van der Waals surface area contributed by atoms with Gasteiger partial charge in [0.25, 0.3) is 0 Å². The van der Waals surface area contributed by atoms with E-state index in [-0.39, 0.29) is 17.5 Å². The van der Waals surface area contributed by atoms with Crippen molar-refractivity contribution in [1.82, 2.24) is 4.98 Å². The molecule has 0 spiro atoms. The van der Waals surface area contributed by atoms with Gasteiger partial charge >= 0.3 is 0 Å². The number of ketones is 2. The van der Waals surface area contributed by atoms with Crippen molar-refractivity contribution < 1.29 is 9.59 Å². The number of rotatable bonds is 2. The molecule has 0 aromatic carbocycles. The Morgan fingerprint density at radius 3 is 2.94 bits per heavy atom. The van der Waals surface area contributed by atoms with Gasteiger partial charge in [0.1, 0.15) is 11.6 Å². The third kappa shape index (κ3) is 2.18. The number of pyridine rings is 1. The summed E-state index contributed by atoms with van der Waals surface area (Å²) in [4.78, 5) is 27.0. The minimum atomic E-state index is -0.390. The number of carbonyl (C=O) groups excluding carboxylic acids is 2. The highest BCUT2D eigenvalue weighted by Gasteiger charge is 2.32. The third-order valence-electron chi connectivity index (χ3n) is 3.29. The average molecular weight is 217 g/mol. The Balaban J connectivity index is 2.15. The van der Waals surface area contributed by atoms with Crippen molar-refractivity contribution in [2.75, 3.05) is 0 Å². The Labute approximate surface area is 94.9 Å². The van der Waals surface area contributed by atoms with E-state index in [9.17, 15) is 9.59 Å². The normalized spacial score (nSPS) is 25.4. The molecular formula is C13H15NO2. The molecule has 1 aromatic heterocycles. The second kappa shape index (κ2) is 4.56. The Bertz CT molecular complexity index is 400. The predicted octanol–water partition coefficient (Wildman–Crippen LogP) is 2.12. The van der Waals surface area contributed by atoms with Crippen molar-refractivity contribution >= 4 is 11.6 Å². The van der Waals surface area contributed by atoms with E-state index in [2.05, 4.69) is 4.98 Å². The molecule has 1 aliphatic rings. The van der Waals surface area contributed by atoms with Crippen molar-refractivity contribution in [1.29, 1.82) is 0 Å². The summed E-state index contributed by atoms with van der Waals surface area (Å²) < 4.78 is 0. The molecule has 0 N–H and O–H groups in total. The molecule has 1 aliphatic carbocycles. The Morgan fingerprint density at radius 1 is 1.50 bits per heavy atom. The molecular weight excluding hydrogens is 202 g/mol. The molecule has 2 atom stereocenters. The first-order chi connectivity index (χ1) is 7.68. The van der Waals surface area contributed by atoms with Crippen molar-refractivity contribution in [3.05, 3.63) is 30.1 Å². The van der Waals surface area contributed by atoms with E-state index in [0.717, 1.165) is 12.0 Å². The number of nitrogens with zero attached hydrogens (tertiary/aromatic N) is 1. The maximum absolute atomic E-state index is 11.6. The second-order valence-electron chi connectivity index (χ2n) is 4.39. The lowest BCUT2D eigenvalue weighted by molar-refractivity contribution is -0.133. The van der Waals surface area contributed by atoms with Crippen LogP contribution in [0, 0.1) is 5.92 Å². The Kier molecular flexibility index (Phi) is 3.13. The molecule has 16 heavy (non-hydrogen) atoms. The van der Waals surface area contributed by atoms with Gasteiger partial charge in [0.2, 0.25) is 0 Å². The van der Waals surface area contributed by atoms with E-state index < -0.39 is 0 Å². The number of carbonyl (C=O) groups is 2. The SMILES string of the molecule is CC(=O)C1CC(c2cccnc2)CCC1=O. The van der Waals surface area contributed by atoms with Gasteiger partial charge in [-0.2, -0.15) is 0 Å². The van der Waals surface area contributed by atoms with Crippen LogP contribution < -0.4 is 0 Å². The van der Waals surface area contributed by atoms with E-state index in [1.165, 1.54) is 6.92 Å². The number of hydrogen-bond acceptors (Lipinski definition) is 3. The summed E-state index contributed by atoms with van der Waals surface area (Å²) in [6.07, 6.45) is 5.58. The standard InChI is InChI=1S/C13H15NO2/c1-9(15)12-7-10(4-5-13(12)16)11-3-2-6-14-8-11/h2-3,6,8,10,12H,4-5,7H2,1H3. The summed E-state index contributed by atoms with van der Waals surface area (Å²) in [5, 5.41) is 0. The lowest BCUT2D eigenvalue weighted by Crippen LogP contribution is -2.29. The molecule has 1 heterocycles. The van der Waals surface area contributed by atoms with Crippen LogP contribution >= 0.6 is 0 Å². The summed E-state index contributed by atoms with van der Waals surface area (Å²) in [5.74, 6) is 0.0190. The molecule has 2 rings (SSSR count). The van der Waals surface area contributed by atoms with Crippen LogP contribution in [0.4, 0.5) is 0 Å². The van der Waals surface area contributed by atoms with Crippen LogP contribution in [0.15, 0.2) is 24.5 Å². The van der Waals surface area contributed by atoms with Crippen LogP contribution in [0.2, 0.25) is 0 Å². The van der Waals surface area contributed by atoms with Gasteiger partial charge in [0.05, 0.1) is 5.92 Å². The smallest absolute Gasteiger partial charge is 0.143 e. The molecule has 0 amide bonds. The highest BCUT2D eigenvalue weighted by Crippen LogP contribution is 2.34. The summed E-state index contributed by atoms with van der Waals surface area (Å²) in [7, 11) is 0. The van der Waals surface area contributed by atoms with Gasteiger partial charge in [-0.25, -0.2) is 0 Å². The second-order valence-corrected chi connectivity index (χ2v) is 4.39. The highest BCUT2D eigenvalue weighted by molar-refractivity contribution is 6.01. The van der Waals surface area contributed by atoms with Crippen LogP contribution in [0.3, 0.4) is 0 Å². The topological polar surface area (TPSA) is 47.0 Å². The van der Waals surface area contributed by atoms with Crippen LogP contribution in [0.1, 0.15) is 37.7 Å². The summed E-state index contributed by atoms with van der Waals surface area (Å²) in [5.41, 5.74) is 1.14. The Hall–Kier alpha value is -1.51. The van der Waals surface area contributed by atoms with Gasteiger partial charge in [0, 0.05) is 18.8 Å². The van der Waals surface area contributed by atoms with Gasteiger partial charge in [-0.3, -0.25) is 14.6 Å². The van der Waals surface area contributed by atoms with Crippen molar-refractivity contribution in [2.24, 2.45) is 5.92 Å². The van der Waals surface area contributed by atoms with Gasteiger partial charge < -0.3 is 0 Å². The Morgan fingerprint density at radius 2 is 2.31 bits per heavy atom. The average Bonchev–Trinajstić information content (AvgIpc) is 2.30. The first-order valence-corrected chi connectivity index (χ1v) is 5.61. The minimum Gasteiger partial charge on any atom is -0.299 e. The molecule has 1 aromatic rings. The van der Waals surface area contributed by atoms with Crippen molar-refractivity contribution in [3.63, 3.8) is 0 Å². The van der Waals surface area contributed by atoms with E-state index in [0.29, 0.717) is 18.8 Å². The van der Waals surface area contributed by atoms with Gasteiger partial charge in [-0.05, 0) is 37.3 Å². The van der Waals surface area contributed by atoms with E-state index in [1.807, 2.05) is 18.3 Å².